The first-order valence-electron chi connectivity index (χ1n) is 4.07. The first-order chi connectivity index (χ1) is 6.72. The Bertz CT molecular complexity index is 490. The molecule has 1 aromatic heterocycles. The van der Waals surface area contributed by atoms with E-state index in [0.29, 0.717) is 10.6 Å². The lowest BCUT2D eigenvalue weighted by Crippen LogP contribution is -2.00. The highest BCUT2D eigenvalue weighted by atomic mass is 35.5. The number of esters is 1. The number of H-pyrrole nitrogens is 1. The van der Waals surface area contributed by atoms with E-state index < -0.39 is 0 Å². The average Bonchev–Trinajstić information content (AvgIpc) is 2.59. The lowest BCUT2D eigenvalue weighted by atomic mass is 10.2. The summed E-state index contributed by atoms with van der Waals surface area (Å²) in [5.74, 6) is -0.349. The molecule has 72 valence electrons. The van der Waals surface area contributed by atoms with Crippen LogP contribution in [0.4, 0.5) is 0 Å². The number of ether oxygens (including phenoxy) is 1. The molecule has 0 amide bonds. The molecule has 0 aliphatic rings. The highest BCUT2D eigenvalue weighted by Gasteiger charge is 2.07. The number of rotatable bonds is 1. The number of aromatic amines is 1. The van der Waals surface area contributed by atoms with Crippen LogP contribution in [0.15, 0.2) is 24.4 Å². The predicted molar refractivity (Wildman–Crippen MR) is 54.6 cm³/mol. The van der Waals surface area contributed by atoms with E-state index in [4.69, 9.17) is 11.6 Å². The third-order valence-corrected chi connectivity index (χ3v) is 2.37. The lowest BCUT2D eigenvalue weighted by Gasteiger charge is -1.98. The van der Waals surface area contributed by atoms with Crippen LogP contribution in [0, 0.1) is 0 Å². The molecule has 14 heavy (non-hydrogen) atoms. The summed E-state index contributed by atoms with van der Waals surface area (Å²) in [6, 6.07) is 5.20. The van der Waals surface area contributed by atoms with E-state index in [1.165, 1.54) is 7.11 Å². The van der Waals surface area contributed by atoms with Gasteiger partial charge in [0.1, 0.15) is 0 Å². The monoisotopic (exact) mass is 209 g/mol. The van der Waals surface area contributed by atoms with Gasteiger partial charge in [0, 0.05) is 17.1 Å². The second kappa shape index (κ2) is 3.35. The van der Waals surface area contributed by atoms with Crippen LogP contribution in [0.1, 0.15) is 10.4 Å². The molecule has 1 N–H and O–H groups in total. The summed E-state index contributed by atoms with van der Waals surface area (Å²) >= 11 is 5.89. The Morgan fingerprint density at radius 3 is 3.00 bits per heavy atom. The van der Waals surface area contributed by atoms with E-state index in [2.05, 4.69) is 9.72 Å². The van der Waals surface area contributed by atoms with Crippen LogP contribution in [0.25, 0.3) is 10.9 Å². The predicted octanol–water partition coefficient (Wildman–Crippen LogP) is 2.61. The minimum atomic E-state index is -0.349. The van der Waals surface area contributed by atoms with E-state index >= 15 is 0 Å². The molecule has 0 fully saturated rings. The summed E-state index contributed by atoms with van der Waals surface area (Å²) in [6.07, 6.45) is 1.69. The van der Waals surface area contributed by atoms with Crippen LogP contribution in [0.2, 0.25) is 5.02 Å². The highest BCUT2D eigenvalue weighted by Crippen LogP contribution is 2.23. The number of fused-ring (bicyclic) bond motifs is 1. The van der Waals surface area contributed by atoms with Crippen LogP contribution in [-0.4, -0.2) is 18.1 Å². The topological polar surface area (TPSA) is 42.1 Å². The number of carbonyl (C=O) groups excluding carboxylic acids is 1. The first-order valence-corrected chi connectivity index (χ1v) is 4.45. The SMILES string of the molecule is COC(=O)c1ccc2c(Cl)c[nH]c2c1. The lowest BCUT2D eigenvalue weighted by molar-refractivity contribution is 0.0601. The molecular formula is C10H8ClNO2. The molecule has 0 radical (unpaired) electrons. The summed E-state index contributed by atoms with van der Waals surface area (Å²) in [5.41, 5.74) is 1.34. The van der Waals surface area contributed by atoms with Crippen LogP contribution in [0.5, 0.6) is 0 Å². The number of nitrogens with one attached hydrogen (secondary N) is 1. The van der Waals surface area contributed by atoms with E-state index in [1.54, 1.807) is 24.4 Å². The largest absolute Gasteiger partial charge is 0.465 e. The van der Waals surface area contributed by atoms with Gasteiger partial charge in [0.2, 0.25) is 0 Å². The van der Waals surface area contributed by atoms with Gasteiger partial charge in [0.05, 0.1) is 17.7 Å². The van der Waals surface area contributed by atoms with Crippen molar-refractivity contribution in [1.29, 1.82) is 0 Å². The molecule has 0 unspecified atom stereocenters. The van der Waals surface area contributed by atoms with Gasteiger partial charge in [-0.3, -0.25) is 0 Å². The van der Waals surface area contributed by atoms with Gasteiger partial charge in [-0.25, -0.2) is 4.79 Å². The molecule has 2 aromatic rings. The normalized spacial score (nSPS) is 10.4. The highest BCUT2D eigenvalue weighted by molar-refractivity contribution is 6.35. The Morgan fingerprint density at radius 2 is 2.29 bits per heavy atom. The van der Waals surface area contributed by atoms with Crippen LogP contribution in [-0.2, 0) is 4.74 Å². The summed E-state index contributed by atoms with van der Waals surface area (Å²) in [4.78, 5) is 14.2. The second-order valence-electron chi connectivity index (χ2n) is 2.89. The molecule has 0 aliphatic heterocycles. The molecular weight excluding hydrogens is 202 g/mol. The van der Waals surface area contributed by atoms with Crippen molar-refractivity contribution in [2.24, 2.45) is 0 Å². The number of halogens is 1. The number of carbonyl (C=O) groups is 1. The van der Waals surface area contributed by atoms with Crippen molar-refractivity contribution in [3.8, 4) is 0 Å². The number of hydrogen-bond donors (Lipinski definition) is 1. The summed E-state index contributed by atoms with van der Waals surface area (Å²) in [7, 11) is 1.36. The minimum Gasteiger partial charge on any atom is -0.465 e. The fourth-order valence-corrected chi connectivity index (χ4v) is 1.55. The van der Waals surface area contributed by atoms with Crippen molar-refractivity contribution in [2.45, 2.75) is 0 Å². The third-order valence-electron chi connectivity index (χ3n) is 2.05. The Balaban J connectivity index is 2.57. The summed E-state index contributed by atoms with van der Waals surface area (Å²) in [5, 5.41) is 1.55. The van der Waals surface area contributed by atoms with Crippen molar-refractivity contribution in [2.75, 3.05) is 7.11 Å². The molecule has 4 heteroatoms. The molecule has 0 spiro atoms. The maximum Gasteiger partial charge on any atom is 0.337 e. The number of aromatic nitrogens is 1. The van der Waals surface area contributed by atoms with Crippen LogP contribution < -0.4 is 0 Å². The van der Waals surface area contributed by atoms with Crippen molar-refractivity contribution < 1.29 is 9.53 Å². The molecule has 0 saturated heterocycles. The van der Waals surface area contributed by atoms with Gasteiger partial charge in [0.15, 0.2) is 0 Å². The Morgan fingerprint density at radius 1 is 1.50 bits per heavy atom. The molecule has 2 rings (SSSR count). The van der Waals surface area contributed by atoms with Crippen molar-refractivity contribution in [1.82, 2.24) is 4.98 Å². The van der Waals surface area contributed by atoms with Gasteiger partial charge in [-0.2, -0.15) is 0 Å². The molecule has 0 aliphatic carbocycles. The molecule has 1 heterocycles. The van der Waals surface area contributed by atoms with E-state index in [-0.39, 0.29) is 5.97 Å². The zero-order chi connectivity index (χ0) is 10.1. The first kappa shape index (κ1) is 9.09. The smallest absolute Gasteiger partial charge is 0.337 e. The number of methoxy groups -OCH3 is 1. The van der Waals surface area contributed by atoms with Crippen molar-refractivity contribution in [3.63, 3.8) is 0 Å². The number of hydrogen-bond acceptors (Lipinski definition) is 2. The van der Waals surface area contributed by atoms with E-state index in [1.807, 2.05) is 0 Å². The van der Waals surface area contributed by atoms with Crippen molar-refractivity contribution in [3.05, 3.63) is 35.0 Å². The van der Waals surface area contributed by atoms with E-state index in [9.17, 15) is 4.79 Å². The zero-order valence-electron chi connectivity index (χ0n) is 7.50. The summed E-state index contributed by atoms with van der Waals surface area (Å²) in [6.45, 7) is 0. The van der Waals surface area contributed by atoms with Crippen LogP contribution >= 0.6 is 11.6 Å². The zero-order valence-corrected chi connectivity index (χ0v) is 8.26. The molecule has 3 nitrogen and oxygen atoms in total. The van der Waals surface area contributed by atoms with Gasteiger partial charge >= 0.3 is 5.97 Å². The molecule has 0 saturated carbocycles. The molecule has 0 atom stereocenters. The van der Waals surface area contributed by atoms with Crippen molar-refractivity contribution >= 4 is 28.5 Å². The number of benzene rings is 1. The fourth-order valence-electron chi connectivity index (χ4n) is 1.34. The van der Waals surface area contributed by atoms with Crippen LogP contribution in [0.3, 0.4) is 0 Å². The Kier molecular flexibility index (Phi) is 2.17. The summed E-state index contributed by atoms with van der Waals surface area (Å²) < 4.78 is 4.61. The maximum atomic E-state index is 11.2. The average molecular weight is 210 g/mol. The van der Waals surface area contributed by atoms with Gasteiger partial charge < -0.3 is 9.72 Å². The maximum absolute atomic E-state index is 11.2. The minimum absolute atomic E-state index is 0.349. The quantitative estimate of drug-likeness (QED) is 0.734. The van der Waals surface area contributed by atoms with Gasteiger partial charge in [-0.1, -0.05) is 17.7 Å². The third kappa shape index (κ3) is 1.36. The van der Waals surface area contributed by atoms with Gasteiger partial charge in [0.25, 0.3) is 0 Å². The Labute approximate surface area is 85.6 Å². The van der Waals surface area contributed by atoms with Gasteiger partial charge in [-0.15, -0.1) is 0 Å². The molecule has 0 bridgehead atoms. The second-order valence-corrected chi connectivity index (χ2v) is 3.30. The molecule has 1 aromatic carbocycles. The standard InChI is InChI=1S/C10H8ClNO2/c1-14-10(13)6-2-3-7-8(11)5-12-9(7)4-6/h2-5,12H,1H3. The van der Waals surface area contributed by atoms with Gasteiger partial charge in [-0.05, 0) is 12.1 Å². The van der Waals surface area contributed by atoms with E-state index in [0.717, 1.165) is 10.9 Å². The fraction of sp³-hybridized carbons (Fsp3) is 0.100. The Hall–Kier alpha value is -1.48.